The van der Waals surface area contributed by atoms with Crippen LogP contribution in [0, 0.1) is 0 Å². The van der Waals surface area contributed by atoms with Crippen molar-refractivity contribution in [2.24, 2.45) is 28.0 Å². The summed E-state index contributed by atoms with van der Waals surface area (Å²) in [6.07, 6.45) is 1.15. The standard InChI is InChI=1S/C6H16N6O/c7-4(5(13)12-10)2-1-3-11-6(8)9/h4H,1-3,7,10H2,(H,12,13)(H4,8,9,11)/t4-/m0/s1. The van der Waals surface area contributed by atoms with E-state index in [1.165, 1.54) is 0 Å². The number of aliphatic imine (C=N–C) groups is 1. The number of rotatable bonds is 5. The van der Waals surface area contributed by atoms with Gasteiger partial charge >= 0.3 is 0 Å². The summed E-state index contributed by atoms with van der Waals surface area (Å²) in [5.74, 6) is 4.53. The fourth-order valence-corrected chi connectivity index (χ4v) is 0.757. The van der Waals surface area contributed by atoms with Gasteiger partial charge < -0.3 is 17.2 Å². The van der Waals surface area contributed by atoms with E-state index in [1.807, 2.05) is 5.43 Å². The quantitative estimate of drug-likeness (QED) is 0.0799. The van der Waals surface area contributed by atoms with Gasteiger partial charge in [0.25, 0.3) is 5.91 Å². The summed E-state index contributed by atoms with van der Waals surface area (Å²) >= 11 is 0. The van der Waals surface area contributed by atoms with Gasteiger partial charge in [-0.15, -0.1) is 0 Å². The minimum atomic E-state index is -0.598. The molecule has 0 spiro atoms. The first-order chi connectivity index (χ1) is 6.07. The number of carbonyl (C=O) groups excluding carboxylic acids is 1. The summed E-state index contributed by atoms with van der Waals surface area (Å²) in [6.45, 7) is 0.466. The van der Waals surface area contributed by atoms with E-state index in [0.29, 0.717) is 19.4 Å². The van der Waals surface area contributed by atoms with Crippen molar-refractivity contribution in [1.82, 2.24) is 5.43 Å². The molecule has 76 valence electrons. The van der Waals surface area contributed by atoms with Gasteiger partial charge in [0.1, 0.15) is 0 Å². The van der Waals surface area contributed by atoms with Crippen LogP contribution in [0.1, 0.15) is 12.8 Å². The van der Waals surface area contributed by atoms with Gasteiger partial charge in [0.15, 0.2) is 5.96 Å². The molecule has 13 heavy (non-hydrogen) atoms. The van der Waals surface area contributed by atoms with Crippen LogP contribution in [0.2, 0.25) is 0 Å². The number of nitrogens with one attached hydrogen (secondary N) is 1. The van der Waals surface area contributed by atoms with Crippen molar-refractivity contribution in [2.75, 3.05) is 6.54 Å². The number of hydrazine groups is 1. The van der Waals surface area contributed by atoms with Gasteiger partial charge in [-0.2, -0.15) is 0 Å². The van der Waals surface area contributed by atoms with E-state index in [1.54, 1.807) is 0 Å². The number of amides is 1. The highest BCUT2D eigenvalue weighted by Gasteiger charge is 2.10. The first-order valence-corrected chi connectivity index (χ1v) is 3.89. The molecule has 0 fully saturated rings. The molecule has 1 atom stereocenters. The highest BCUT2D eigenvalue weighted by atomic mass is 16.2. The van der Waals surface area contributed by atoms with Gasteiger partial charge in [-0.05, 0) is 12.8 Å². The molecule has 0 aromatic heterocycles. The lowest BCUT2D eigenvalue weighted by Crippen LogP contribution is -2.43. The van der Waals surface area contributed by atoms with Gasteiger partial charge in [-0.3, -0.25) is 15.2 Å². The molecule has 7 heteroatoms. The van der Waals surface area contributed by atoms with E-state index >= 15 is 0 Å². The van der Waals surface area contributed by atoms with Gasteiger partial charge in [0, 0.05) is 6.54 Å². The van der Waals surface area contributed by atoms with E-state index in [0.717, 1.165) is 0 Å². The Kier molecular flexibility index (Phi) is 5.57. The molecule has 0 rings (SSSR count). The third-order valence-electron chi connectivity index (χ3n) is 1.45. The summed E-state index contributed by atoms with van der Waals surface area (Å²) in [5.41, 5.74) is 17.6. The molecule has 0 aromatic rings. The van der Waals surface area contributed by atoms with Crippen LogP contribution in [0.25, 0.3) is 0 Å². The fourth-order valence-electron chi connectivity index (χ4n) is 0.757. The second kappa shape index (κ2) is 6.21. The maximum Gasteiger partial charge on any atom is 0.250 e. The number of guanidine groups is 1. The largest absolute Gasteiger partial charge is 0.370 e. The smallest absolute Gasteiger partial charge is 0.250 e. The number of hydrogen-bond donors (Lipinski definition) is 5. The lowest BCUT2D eigenvalue weighted by Gasteiger charge is -2.07. The predicted octanol–water partition coefficient (Wildman–Crippen LogP) is -2.64. The SMILES string of the molecule is NNC(=O)[C@@H](N)CCCN=C(N)N. The molecular formula is C6H16N6O. The first kappa shape index (κ1) is 11.7. The van der Waals surface area contributed by atoms with E-state index in [4.69, 9.17) is 23.0 Å². The normalized spacial score (nSPS) is 11.8. The van der Waals surface area contributed by atoms with Crippen molar-refractivity contribution < 1.29 is 4.79 Å². The molecular weight excluding hydrogens is 172 g/mol. The molecule has 1 amide bonds. The van der Waals surface area contributed by atoms with Crippen molar-refractivity contribution in [3.8, 4) is 0 Å². The highest BCUT2D eigenvalue weighted by Crippen LogP contribution is 1.94. The Bertz CT molecular complexity index is 188. The molecule has 0 aliphatic heterocycles. The monoisotopic (exact) mass is 188 g/mol. The molecule has 0 saturated heterocycles. The van der Waals surface area contributed by atoms with Crippen LogP contribution < -0.4 is 28.5 Å². The molecule has 0 radical (unpaired) electrons. The molecule has 0 saturated carbocycles. The maximum atomic E-state index is 10.8. The van der Waals surface area contributed by atoms with E-state index in [2.05, 4.69) is 4.99 Å². The van der Waals surface area contributed by atoms with Gasteiger partial charge in [-0.25, -0.2) is 5.84 Å². The zero-order chi connectivity index (χ0) is 10.3. The Morgan fingerprint density at radius 3 is 2.54 bits per heavy atom. The molecule has 0 aliphatic carbocycles. The van der Waals surface area contributed by atoms with Crippen molar-refractivity contribution in [3.63, 3.8) is 0 Å². The Labute approximate surface area is 76.5 Å². The summed E-state index contributed by atoms with van der Waals surface area (Å²) in [6, 6.07) is -0.598. The molecule has 0 aliphatic rings. The van der Waals surface area contributed by atoms with E-state index < -0.39 is 6.04 Å². The second-order valence-electron chi connectivity index (χ2n) is 2.56. The Balaban J connectivity index is 3.53. The van der Waals surface area contributed by atoms with Crippen molar-refractivity contribution in [3.05, 3.63) is 0 Å². The van der Waals surface area contributed by atoms with Gasteiger partial charge in [0.2, 0.25) is 0 Å². The minimum absolute atomic E-state index is 0.0387. The van der Waals surface area contributed by atoms with Crippen LogP contribution in [0.15, 0.2) is 4.99 Å². The Morgan fingerprint density at radius 2 is 2.08 bits per heavy atom. The van der Waals surface area contributed by atoms with E-state index in [9.17, 15) is 4.79 Å². The maximum absolute atomic E-state index is 10.8. The summed E-state index contributed by atoms with van der Waals surface area (Å²) in [4.78, 5) is 14.5. The van der Waals surface area contributed by atoms with Crippen molar-refractivity contribution in [1.29, 1.82) is 0 Å². The number of nitrogens with zero attached hydrogens (tertiary/aromatic N) is 1. The van der Waals surface area contributed by atoms with Crippen LogP contribution in [0.4, 0.5) is 0 Å². The average molecular weight is 188 g/mol. The van der Waals surface area contributed by atoms with Crippen LogP contribution in [-0.4, -0.2) is 24.5 Å². The van der Waals surface area contributed by atoms with Crippen molar-refractivity contribution >= 4 is 11.9 Å². The van der Waals surface area contributed by atoms with Gasteiger partial charge in [-0.1, -0.05) is 0 Å². The minimum Gasteiger partial charge on any atom is -0.370 e. The van der Waals surface area contributed by atoms with Gasteiger partial charge in [0.05, 0.1) is 6.04 Å². The van der Waals surface area contributed by atoms with Crippen LogP contribution in [-0.2, 0) is 4.79 Å². The summed E-state index contributed by atoms with van der Waals surface area (Å²) in [7, 11) is 0. The zero-order valence-corrected chi connectivity index (χ0v) is 7.36. The topological polar surface area (TPSA) is 146 Å². The third kappa shape index (κ3) is 5.88. The summed E-state index contributed by atoms with van der Waals surface area (Å²) in [5, 5.41) is 0. The zero-order valence-electron chi connectivity index (χ0n) is 7.36. The van der Waals surface area contributed by atoms with Crippen LogP contribution in [0.5, 0.6) is 0 Å². The fraction of sp³-hybridized carbons (Fsp3) is 0.667. The number of nitrogens with two attached hydrogens (primary N) is 4. The number of hydrogen-bond acceptors (Lipinski definition) is 4. The lowest BCUT2D eigenvalue weighted by atomic mass is 10.1. The third-order valence-corrected chi connectivity index (χ3v) is 1.45. The average Bonchev–Trinajstić information content (AvgIpc) is 2.10. The van der Waals surface area contributed by atoms with Crippen LogP contribution >= 0.6 is 0 Å². The Morgan fingerprint density at radius 1 is 1.46 bits per heavy atom. The molecule has 0 heterocycles. The Hall–Kier alpha value is -1.34. The predicted molar refractivity (Wildman–Crippen MR) is 50.2 cm³/mol. The highest BCUT2D eigenvalue weighted by molar-refractivity contribution is 5.80. The lowest BCUT2D eigenvalue weighted by molar-refractivity contribution is -0.122. The second-order valence-corrected chi connectivity index (χ2v) is 2.56. The van der Waals surface area contributed by atoms with E-state index in [-0.39, 0.29) is 11.9 Å². The van der Waals surface area contributed by atoms with Crippen molar-refractivity contribution in [2.45, 2.75) is 18.9 Å². The number of carbonyl (C=O) groups is 1. The summed E-state index contributed by atoms with van der Waals surface area (Å²) < 4.78 is 0. The molecule has 0 unspecified atom stereocenters. The van der Waals surface area contributed by atoms with Crippen LogP contribution in [0.3, 0.4) is 0 Å². The molecule has 0 aromatic carbocycles. The molecule has 9 N–H and O–H groups in total. The molecule has 0 bridgehead atoms. The first-order valence-electron chi connectivity index (χ1n) is 3.89. The molecule has 7 nitrogen and oxygen atoms in total.